The van der Waals surface area contributed by atoms with Gasteiger partial charge in [-0.25, -0.2) is 0 Å². The molecule has 1 saturated heterocycles. The highest BCUT2D eigenvalue weighted by Gasteiger charge is 2.24. The van der Waals surface area contributed by atoms with E-state index >= 15 is 0 Å². The van der Waals surface area contributed by atoms with Crippen LogP contribution in [0.15, 0.2) is 24.3 Å². The third-order valence-corrected chi connectivity index (χ3v) is 4.15. The van der Waals surface area contributed by atoms with Crippen molar-refractivity contribution in [3.8, 4) is 0 Å². The number of unbranched alkanes of at least 4 members (excludes halogenated alkanes) is 1. The number of hydrogen-bond acceptors (Lipinski definition) is 3. The molecule has 0 aromatic heterocycles. The van der Waals surface area contributed by atoms with Gasteiger partial charge in [0.15, 0.2) is 0 Å². The second-order valence-electron chi connectivity index (χ2n) is 5.78. The van der Waals surface area contributed by atoms with Crippen molar-refractivity contribution in [1.82, 2.24) is 4.90 Å². The maximum Gasteiger partial charge on any atom is 0.253 e. The van der Waals surface area contributed by atoms with Crippen molar-refractivity contribution in [2.45, 2.75) is 39.2 Å². The molecule has 2 rings (SSSR count). The third kappa shape index (κ3) is 5.87. The number of halogens is 2. The number of anilines is 1. The Hall–Kier alpha value is -0.970. The second-order valence-corrected chi connectivity index (χ2v) is 5.78. The Kier molecular flexibility index (Phi) is 10.3. The summed E-state index contributed by atoms with van der Waals surface area (Å²) in [5.41, 5.74) is 7.83. The van der Waals surface area contributed by atoms with Crippen molar-refractivity contribution in [1.29, 1.82) is 0 Å². The van der Waals surface area contributed by atoms with E-state index in [4.69, 9.17) is 5.73 Å². The summed E-state index contributed by atoms with van der Waals surface area (Å²) in [6.07, 6.45) is 3.30. The zero-order chi connectivity index (χ0) is 15.2. The predicted octanol–water partition coefficient (Wildman–Crippen LogP) is 3.33. The molecule has 1 atom stereocenters. The second kappa shape index (κ2) is 10.7. The van der Waals surface area contributed by atoms with Crippen LogP contribution in [0.4, 0.5) is 5.69 Å². The number of benzene rings is 1. The van der Waals surface area contributed by atoms with Gasteiger partial charge in [0.05, 0.1) is 0 Å². The molecule has 1 aromatic rings. The van der Waals surface area contributed by atoms with E-state index in [0.29, 0.717) is 6.54 Å². The molecule has 1 amide bonds. The standard InChI is InChI=1S/C17H27N3O.2ClH/c1-3-5-11-19(4-2)16-8-6-14(7-9-16)17(21)20-12-10-15(18)13-20;;/h6-9,15H,3-5,10-13,18H2,1-2H3;2*1H/t15-;;/m1../s1. The minimum atomic E-state index is 0. The molecule has 1 heterocycles. The number of carbonyl (C=O) groups excluding carboxylic acids is 1. The molecule has 132 valence electrons. The first-order valence-corrected chi connectivity index (χ1v) is 8.05. The fraction of sp³-hybridized carbons (Fsp3) is 0.588. The van der Waals surface area contributed by atoms with Crippen molar-refractivity contribution in [3.05, 3.63) is 29.8 Å². The largest absolute Gasteiger partial charge is 0.372 e. The molecule has 0 spiro atoms. The van der Waals surface area contributed by atoms with E-state index in [2.05, 4.69) is 30.9 Å². The van der Waals surface area contributed by atoms with E-state index in [1.165, 1.54) is 18.5 Å². The first kappa shape index (κ1) is 22.0. The highest BCUT2D eigenvalue weighted by molar-refractivity contribution is 5.94. The van der Waals surface area contributed by atoms with E-state index in [1.807, 2.05) is 17.0 Å². The van der Waals surface area contributed by atoms with Gasteiger partial charge in [-0.3, -0.25) is 4.79 Å². The molecule has 1 aliphatic rings. The smallest absolute Gasteiger partial charge is 0.253 e. The molecule has 0 aliphatic carbocycles. The zero-order valence-electron chi connectivity index (χ0n) is 14.0. The van der Waals surface area contributed by atoms with Crippen molar-refractivity contribution < 1.29 is 4.79 Å². The first-order valence-electron chi connectivity index (χ1n) is 8.05. The van der Waals surface area contributed by atoms with Gasteiger partial charge in [0.1, 0.15) is 0 Å². The van der Waals surface area contributed by atoms with Crippen molar-refractivity contribution in [2.24, 2.45) is 5.73 Å². The Bertz CT molecular complexity index is 467. The van der Waals surface area contributed by atoms with Crippen LogP contribution in [0.1, 0.15) is 43.5 Å². The topological polar surface area (TPSA) is 49.6 Å². The lowest BCUT2D eigenvalue weighted by Gasteiger charge is -2.23. The molecule has 0 radical (unpaired) electrons. The lowest BCUT2D eigenvalue weighted by Crippen LogP contribution is -2.31. The van der Waals surface area contributed by atoms with E-state index in [9.17, 15) is 4.79 Å². The van der Waals surface area contributed by atoms with Gasteiger partial charge in [0, 0.05) is 43.5 Å². The van der Waals surface area contributed by atoms with E-state index in [1.54, 1.807) is 0 Å². The van der Waals surface area contributed by atoms with Crippen LogP contribution in [0.2, 0.25) is 0 Å². The summed E-state index contributed by atoms with van der Waals surface area (Å²) in [7, 11) is 0. The highest BCUT2D eigenvalue weighted by atomic mass is 35.5. The maximum absolute atomic E-state index is 12.4. The van der Waals surface area contributed by atoms with Crippen LogP contribution in [0.25, 0.3) is 0 Å². The Balaban J connectivity index is 0.00000242. The number of nitrogens with zero attached hydrogens (tertiary/aromatic N) is 2. The average Bonchev–Trinajstić information content (AvgIpc) is 2.94. The number of hydrogen-bond donors (Lipinski definition) is 1. The zero-order valence-corrected chi connectivity index (χ0v) is 15.7. The minimum absolute atomic E-state index is 0. The van der Waals surface area contributed by atoms with Crippen molar-refractivity contribution >= 4 is 36.4 Å². The molecule has 0 saturated carbocycles. The van der Waals surface area contributed by atoms with Gasteiger partial charge in [0.25, 0.3) is 5.91 Å². The van der Waals surface area contributed by atoms with Crippen LogP contribution >= 0.6 is 24.8 Å². The van der Waals surface area contributed by atoms with Gasteiger partial charge >= 0.3 is 0 Å². The molecular weight excluding hydrogens is 333 g/mol. The Morgan fingerprint density at radius 1 is 1.26 bits per heavy atom. The molecular formula is C17H29Cl2N3O. The number of likely N-dealkylation sites (tertiary alicyclic amines) is 1. The molecule has 1 aliphatic heterocycles. The fourth-order valence-corrected chi connectivity index (χ4v) is 2.79. The van der Waals surface area contributed by atoms with Crippen LogP contribution in [0.3, 0.4) is 0 Å². The molecule has 1 aromatic carbocycles. The third-order valence-electron chi connectivity index (χ3n) is 4.15. The predicted molar refractivity (Wildman–Crippen MR) is 102 cm³/mol. The quantitative estimate of drug-likeness (QED) is 0.845. The summed E-state index contributed by atoms with van der Waals surface area (Å²) >= 11 is 0. The van der Waals surface area contributed by atoms with Crippen LogP contribution in [0.5, 0.6) is 0 Å². The molecule has 1 fully saturated rings. The maximum atomic E-state index is 12.4. The summed E-state index contributed by atoms with van der Waals surface area (Å²) < 4.78 is 0. The lowest BCUT2D eigenvalue weighted by molar-refractivity contribution is 0.0791. The highest BCUT2D eigenvalue weighted by Crippen LogP contribution is 2.18. The summed E-state index contributed by atoms with van der Waals surface area (Å²) in [6.45, 7) is 7.89. The summed E-state index contributed by atoms with van der Waals surface area (Å²) in [5.74, 6) is 0.103. The van der Waals surface area contributed by atoms with E-state index in [-0.39, 0.29) is 36.8 Å². The summed E-state index contributed by atoms with van der Waals surface area (Å²) in [4.78, 5) is 16.6. The number of rotatable bonds is 6. The number of nitrogens with two attached hydrogens (primary N) is 1. The fourth-order valence-electron chi connectivity index (χ4n) is 2.79. The molecule has 6 heteroatoms. The van der Waals surface area contributed by atoms with Gasteiger partial charge in [-0.2, -0.15) is 0 Å². The van der Waals surface area contributed by atoms with Gasteiger partial charge in [-0.1, -0.05) is 13.3 Å². The molecule has 0 unspecified atom stereocenters. The van der Waals surface area contributed by atoms with Crippen LogP contribution in [-0.4, -0.2) is 43.0 Å². The SMILES string of the molecule is CCCCN(CC)c1ccc(C(=O)N2CC[C@@H](N)C2)cc1.Cl.Cl. The van der Waals surface area contributed by atoms with Crippen LogP contribution < -0.4 is 10.6 Å². The van der Waals surface area contributed by atoms with Crippen molar-refractivity contribution in [3.63, 3.8) is 0 Å². The molecule has 23 heavy (non-hydrogen) atoms. The van der Waals surface area contributed by atoms with E-state index < -0.39 is 0 Å². The van der Waals surface area contributed by atoms with Gasteiger partial charge in [0.2, 0.25) is 0 Å². The van der Waals surface area contributed by atoms with E-state index in [0.717, 1.165) is 31.6 Å². The number of carbonyl (C=O) groups is 1. The Morgan fingerprint density at radius 2 is 1.91 bits per heavy atom. The van der Waals surface area contributed by atoms with Gasteiger partial charge in [-0.15, -0.1) is 24.8 Å². The summed E-state index contributed by atoms with van der Waals surface area (Å²) in [5, 5.41) is 0. The average molecular weight is 362 g/mol. The first-order chi connectivity index (χ1) is 10.2. The monoisotopic (exact) mass is 361 g/mol. The Morgan fingerprint density at radius 3 is 2.39 bits per heavy atom. The van der Waals surface area contributed by atoms with Crippen molar-refractivity contribution in [2.75, 3.05) is 31.1 Å². The number of amides is 1. The molecule has 0 bridgehead atoms. The van der Waals surface area contributed by atoms with Crippen LogP contribution in [-0.2, 0) is 0 Å². The molecule has 2 N–H and O–H groups in total. The van der Waals surface area contributed by atoms with Gasteiger partial charge < -0.3 is 15.5 Å². The summed E-state index contributed by atoms with van der Waals surface area (Å²) in [6, 6.07) is 8.13. The molecule has 4 nitrogen and oxygen atoms in total. The van der Waals surface area contributed by atoms with Gasteiger partial charge in [-0.05, 0) is 44.0 Å². The minimum Gasteiger partial charge on any atom is -0.372 e. The normalized spacial score (nSPS) is 16.5. The lowest BCUT2D eigenvalue weighted by atomic mass is 10.1. The Labute approximate surface area is 152 Å². The van der Waals surface area contributed by atoms with Crippen LogP contribution in [0, 0.1) is 0 Å².